The molecule has 4 nitrogen and oxygen atoms in total. The van der Waals surface area contributed by atoms with Crippen LogP contribution in [0.3, 0.4) is 0 Å². The molecule has 2 aliphatic heterocycles. The van der Waals surface area contributed by atoms with Crippen molar-refractivity contribution in [2.24, 2.45) is 0 Å². The molecule has 0 spiro atoms. The lowest BCUT2D eigenvalue weighted by Gasteiger charge is -2.35. The highest BCUT2D eigenvalue weighted by molar-refractivity contribution is 6.30. The van der Waals surface area contributed by atoms with Gasteiger partial charge in [-0.15, -0.1) is 0 Å². The van der Waals surface area contributed by atoms with Crippen LogP contribution in [0.25, 0.3) is 28.5 Å². The number of aromatic hydroxyl groups is 1. The number of fused-ring (bicyclic) bond motifs is 5. The molecule has 0 saturated heterocycles. The SMILES string of the molecule is COc1c(O)ccc2c1-c1ccc3c(c1C(=Cc1c(F)ccc(Cl)c1F)O2)C(C)=CC(C)(C)N3. The van der Waals surface area contributed by atoms with Crippen molar-refractivity contribution in [1.82, 2.24) is 0 Å². The maximum absolute atomic E-state index is 14.8. The number of hydrogen-bond acceptors (Lipinski definition) is 4. The fourth-order valence-electron chi connectivity index (χ4n) is 4.75. The van der Waals surface area contributed by atoms with Gasteiger partial charge in [0.15, 0.2) is 17.3 Å². The van der Waals surface area contributed by atoms with E-state index in [4.69, 9.17) is 21.1 Å². The van der Waals surface area contributed by atoms with Crippen molar-refractivity contribution in [3.05, 3.63) is 75.8 Å². The maximum Gasteiger partial charge on any atom is 0.172 e. The van der Waals surface area contributed by atoms with Crippen LogP contribution >= 0.6 is 11.6 Å². The van der Waals surface area contributed by atoms with Gasteiger partial charge in [-0.05, 0) is 62.8 Å². The van der Waals surface area contributed by atoms with E-state index in [1.165, 1.54) is 25.3 Å². The van der Waals surface area contributed by atoms with Gasteiger partial charge in [-0.25, -0.2) is 8.78 Å². The fraction of sp³-hybridized carbons (Fsp3) is 0.185. The second-order valence-electron chi connectivity index (χ2n) is 8.94. The summed E-state index contributed by atoms with van der Waals surface area (Å²) in [7, 11) is 1.46. The summed E-state index contributed by atoms with van der Waals surface area (Å²) < 4.78 is 41.2. The second kappa shape index (κ2) is 7.77. The van der Waals surface area contributed by atoms with Gasteiger partial charge in [0, 0.05) is 22.4 Å². The molecule has 2 aliphatic rings. The van der Waals surface area contributed by atoms with Gasteiger partial charge in [-0.1, -0.05) is 23.7 Å². The van der Waals surface area contributed by atoms with Gasteiger partial charge < -0.3 is 19.9 Å². The smallest absolute Gasteiger partial charge is 0.172 e. The summed E-state index contributed by atoms with van der Waals surface area (Å²) >= 11 is 5.94. The Bertz CT molecular complexity index is 1430. The number of anilines is 1. The molecule has 0 radical (unpaired) electrons. The van der Waals surface area contributed by atoms with Crippen molar-refractivity contribution in [3.63, 3.8) is 0 Å². The van der Waals surface area contributed by atoms with Gasteiger partial charge >= 0.3 is 0 Å². The Balaban J connectivity index is 1.87. The third kappa shape index (κ3) is 3.41. The zero-order valence-electron chi connectivity index (χ0n) is 19.0. The molecule has 0 fully saturated rings. The molecule has 5 rings (SSSR count). The number of methoxy groups -OCH3 is 1. The number of phenolic OH excluding ortho intramolecular Hbond substituents is 1. The van der Waals surface area contributed by atoms with Crippen LogP contribution in [-0.4, -0.2) is 17.8 Å². The van der Waals surface area contributed by atoms with Crippen LogP contribution < -0.4 is 14.8 Å². The number of allylic oxidation sites excluding steroid dienone is 1. The average Bonchev–Trinajstić information content (AvgIpc) is 2.78. The van der Waals surface area contributed by atoms with E-state index < -0.39 is 11.6 Å². The zero-order chi connectivity index (χ0) is 24.4. The van der Waals surface area contributed by atoms with Crippen molar-refractivity contribution in [3.8, 4) is 28.4 Å². The molecule has 3 aromatic carbocycles. The van der Waals surface area contributed by atoms with E-state index in [1.54, 1.807) is 6.07 Å². The highest BCUT2D eigenvalue weighted by Gasteiger charge is 2.33. The Hall–Kier alpha value is -3.51. The number of hydrogen-bond donors (Lipinski definition) is 2. The summed E-state index contributed by atoms with van der Waals surface area (Å²) in [6.07, 6.45) is 3.41. The lowest BCUT2D eigenvalue weighted by Crippen LogP contribution is -2.32. The molecule has 0 bridgehead atoms. The monoisotopic (exact) mass is 481 g/mol. The Morgan fingerprint density at radius 2 is 1.82 bits per heavy atom. The molecule has 0 saturated carbocycles. The van der Waals surface area contributed by atoms with Crippen LogP contribution in [0.4, 0.5) is 14.5 Å². The zero-order valence-corrected chi connectivity index (χ0v) is 19.8. The highest BCUT2D eigenvalue weighted by Crippen LogP contribution is 2.54. The minimum atomic E-state index is -0.871. The van der Waals surface area contributed by atoms with Crippen LogP contribution in [-0.2, 0) is 0 Å². The second-order valence-corrected chi connectivity index (χ2v) is 9.35. The molecule has 0 aliphatic carbocycles. The quantitative estimate of drug-likeness (QED) is 0.372. The molecular formula is C27H22ClF2NO3. The van der Waals surface area contributed by atoms with E-state index in [9.17, 15) is 13.9 Å². The molecule has 0 amide bonds. The van der Waals surface area contributed by atoms with Gasteiger partial charge in [0.2, 0.25) is 0 Å². The Morgan fingerprint density at radius 3 is 2.56 bits per heavy atom. The minimum absolute atomic E-state index is 0.0422. The average molecular weight is 482 g/mol. The number of ether oxygens (including phenoxy) is 2. The van der Waals surface area contributed by atoms with Crippen molar-refractivity contribution in [2.45, 2.75) is 26.3 Å². The van der Waals surface area contributed by atoms with Crippen LogP contribution in [0.1, 0.15) is 37.5 Å². The number of halogens is 3. The standard InChI is InChI=1S/C27H22ClF2NO3/c1-13-12-27(2,3)31-18-8-5-14-23(22(13)18)21(11-15-17(29)7-6-16(28)25(15)30)34-20-10-9-19(32)26(33-4)24(14)20/h5-12,31-32H,1-4H3. The van der Waals surface area contributed by atoms with Gasteiger partial charge in [0.1, 0.15) is 17.3 Å². The third-order valence-corrected chi connectivity index (χ3v) is 6.32. The first kappa shape index (κ1) is 22.3. The van der Waals surface area contributed by atoms with E-state index in [0.717, 1.165) is 22.9 Å². The summed E-state index contributed by atoms with van der Waals surface area (Å²) in [6, 6.07) is 9.17. The number of rotatable bonds is 2. The molecule has 2 N–H and O–H groups in total. The van der Waals surface area contributed by atoms with Crippen molar-refractivity contribution in [1.29, 1.82) is 0 Å². The normalized spacial score (nSPS) is 16.6. The van der Waals surface area contributed by atoms with Crippen LogP contribution in [0.2, 0.25) is 5.02 Å². The van der Waals surface area contributed by atoms with Gasteiger partial charge in [-0.3, -0.25) is 0 Å². The van der Waals surface area contributed by atoms with Crippen molar-refractivity contribution < 1.29 is 23.4 Å². The Labute approximate surface area is 201 Å². The molecule has 7 heteroatoms. The van der Waals surface area contributed by atoms with E-state index >= 15 is 0 Å². The van der Waals surface area contributed by atoms with Crippen molar-refractivity contribution >= 4 is 34.7 Å². The topological polar surface area (TPSA) is 50.7 Å². The van der Waals surface area contributed by atoms with Gasteiger partial charge in [0.05, 0.1) is 28.8 Å². The van der Waals surface area contributed by atoms with E-state index in [1.807, 2.05) is 19.1 Å². The molecule has 3 aromatic rings. The summed E-state index contributed by atoms with van der Waals surface area (Å²) in [6.45, 7) is 6.09. The molecular weight excluding hydrogens is 460 g/mol. The van der Waals surface area contributed by atoms with Crippen LogP contribution in [0.5, 0.6) is 17.2 Å². The first-order valence-corrected chi connectivity index (χ1v) is 11.1. The molecule has 0 atom stereocenters. The first-order valence-electron chi connectivity index (χ1n) is 10.7. The summed E-state index contributed by atoms with van der Waals surface area (Å²) in [4.78, 5) is 0. The molecule has 0 unspecified atom stereocenters. The fourth-order valence-corrected chi connectivity index (χ4v) is 4.92. The third-order valence-electron chi connectivity index (χ3n) is 6.03. The van der Waals surface area contributed by atoms with Gasteiger partial charge in [0.25, 0.3) is 0 Å². The number of phenols is 1. The van der Waals surface area contributed by atoms with E-state index in [2.05, 4.69) is 25.2 Å². The van der Waals surface area contributed by atoms with E-state index in [0.29, 0.717) is 22.4 Å². The highest BCUT2D eigenvalue weighted by atomic mass is 35.5. The predicted molar refractivity (Wildman–Crippen MR) is 131 cm³/mol. The Morgan fingerprint density at radius 1 is 1.06 bits per heavy atom. The lowest BCUT2D eigenvalue weighted by atomic mass is 9.82. The molecule has 174 valence electrons. The Kier molecular flexibility index (Phi) is 5.10. The molecule has 0 aromatic heterocycles. The lowest BCUT2D eigenvalue weighted by molar-refractivity contribution is 0.371. The van der Waals surface area contributed by atoms with Crippen LogP contribution in [0, 0.1) is 11.6 Å². The number of benzene rings is 3. The maximum atomic E-state index is 14.8. The summed E-state index contributed by atoms with van der Waals surface area (Å²) in [5.74, 6) is -0.777. The van der Waals surface area contributed by atoms with Crippen molar-refractivity contribution in [2.75, 3.05) is 12.4 Å². The predicted octanol–water partition coefficient (Wildman–Crippen LogP) is 7.50. The summed E-state index contributed by atoms with van der Waals surface area (Å²) in [5.41, 5.74) is 3.96. The largest absolute Gasteiger partial charge is 0.504 e. The first-order chi connectivity index (χ1) is 16.1. The van der Waals surface area contributed by atoms with Crippen LogP contribution in [0.15, 0.2) is 42.5 Å². The minimum Gasteiger partial charge on any atom is -0.504 e. The molecule has 2 heterocycles. The van der Waals surface area contributed by atoms with Gasteiger partial charge in [-0.2, -0.15) is 0 Å². The number of nitrogens with one attached hydrogen (secondary N) is 1. The molecule has 34 heavy (non-hydrogen) atoms. The van der Waals surface area contributed by atoms with E-state index in [-0.39, 0.29) is 33.4 Å². The summed E-state index contributed by atoms with van der Waals surface area (Å²) in [5, 5.41) is 13.7.